The molecule has 1 saturated heterocycles. The van der Waals surface area contributed by atoms with Gasteiger partial charge in [0.25, 0.3) is 0 Å². The number of hydrogen-bond acceptors (Lipinski definition) is 3. The zero-order valence-corrected chi connectivity index (χ0v) is 11.3. The molecule has 1 rings (SSSR count). The molecule has 1 aliphatic heterocycles. The van der Waals surface area contributed by atoms with E-state index in [1.807, 2.05) is 6.92 Å². The minimum atomic E-state index is 0.203. The van der Waals surface area contributed by atoms with Gasteiger partial charge in [-0.15, -0.1) is 0 Å². The summed E-state index contributed by atoms with van der Waals surface area (Å²) < 4.78 is 5.04. The lowest BCUT2D eigenvalue weighted by Crippen LogP contribution is -2.41. The van der Waals surface area contributed by atoms with Gasteiger partial charge in [0, 0.05) is 19.2 Å². The molecule has 5 heteroatoms. The van der Waals surface area contributed by atoms with Crippen molar-refractivity contribution in [3.63, 3.8) is 0 Å². The molecule has 0 bridgehead atoms. The molecule has 0 aromatic carbocycles. The molecule has 1 fully saturated rings. The summed E-state index contributed by atoms with van der Waals surface area (Å²) in [6, 6.07) is 0.771. The summed E-state index contributed by atoms with van der Waals surface area (Å²) in [5.41, 5.74) is 5.83. The van der Waals surface area contributed by atoms with Gasteiger partial charge in [-0.1, -0.05) is 6.92 Å². The molecule has 5 nitrogen and oxygen atoms in total. The van der Waals surface area contributed by atoms with Crippen LogP contribution in [0.4, 0.5) is 0 Å². The third-order valence-electron chi connectivity index (χ3n) is 3.19. The number of likely N-dealkylation sites (tertiary alicyclic amines) is 1. The Morgan fingerprint density at radius 3 is 3.06 bits per heavy atom. The van der Waals surface area contributed by atoms with Crippen LogP contribution in [0.1, 0.15) is 26.7 Å². The fourth-order valence-electron chi connectivity index (χ4n) is 2.31. The van der Waals surface area contributed by atoms with Gasteiger partial charge >= 0.3 is 0 Å². The molecule has 0 aliphatic carbocycles. The second-order valence-corrected chi connectivity index (χ2v) is 4.65. The molecular weight excluding hydrogens is 216 g/mol. The Labute approximate surface area is 104 Å². The molecule has 100 valence electrons. The molecule has 0 aromatic heterocycles. The Balaban J connectivity index is 2.31. The number of guanidine groups is 1. The number of methoxy groups -OCH3 is 1. The van der Waals surface area contributed by atoms with Crippen molar-refractivity contribution < 1.29 is 4.74 Å². The molecule has 0 spiro atoms. The van der Waals surface area contributed by atoms with Gasteiger partial charge < -0.3 is 15.8 Å². The lowest BCUT2D eigenvalue weighted by atomic mass is 10.2. The van der Waals surface area contributed by atoms with Crippen molar-refractivity contribution in [1.29, 1.82) is 0 Å². The molecule has 0 aromatic rings. The molecule has 17 heavy (non-hydrogen) atoms. The number of nitrogens with two attached hydrogens (primary N) is 1. The summed E-state index contributed by atoms with van der Waals surface area (Å²) in [4.78, 5) is 6.88. The highest BCUT2D eigenvalue weighted by Gasteiger charge is 2.22. The molecule has 0 amide bonds. The van der Waals surface area contributed by atoms with E-state index in [0.29, 0.717) is 18.6 Å². The quantitative estimate of drug-likeness (QED) is 0.523. The van der Waals surface area contributed by atoms with Crippen LogP contribution < -0.4 is 11.1 Å². The number of nitrogens with one attached hydrogen (secondary N) is 1. The van der Waals surface area contributed by atoms with Crippen molar-refractivity contribution in [2.24, 2.45) is 10.7 Å². The van der Waals surface area contributed by atoms with Crippen LogP contribution in [0.25, 0.3) is 0 Å². The van der Waals surface area contributed by atoms with Gasteiger partial charge in [-0.25, -0.2) is 0 Å². The smallest absolute Gasteiger partial charge is 0.188 e. The maximum atomic E-state index is 5.83. The first-order valence-corrected chi connectivity index (χ1v) is 6.46. The Kier molecular flexibility index (Phi) is 6.29. The maximum Gasteiger partial charge on any atom is 0.188 e. The summed E-state index contributed by atoms with van der Waals surface area (Å²) in [5.74, 6) is 0.525. The first-order chi connectivity index (χ1) is 8.17. The van der Waals surface area contributed by atoms with E-state index in [-0.39, 0.29) is 6.04 Å². The van der Waals surface area contributed by atoms with E-state index in [0.717, 1.165) is 13.1 Å². The molecule has 2 atom stereocenters. The summed E-state index contributed by atoms with van der Waals surface area (Å²) in [5, 5.41) is 3.12. The lowest BCUT2D eigenvalue weighted by molar-refractivity contribution is 0.179. The average Bonchev–Trinajstić information content (AvgIpc) is 2.73. The largest absolute Gasteiger partial charge is 0.383 e. The number of likely N-dealkylation sites (N-methyl/N-ethyl adjacent to an activating group) is 1. The first-order valence-electron chi connectivity index (χ1n) is 6.46. The van der Waals surface area contributed by atoms with Gasteiger partial charge in [0.05, 0.1) is 13.2 Å². The third-order valence-corrected chi connectivity index (χ3v) is 3.19. The molecular formula is C12H26N4O. The van der Waals surface area contributed by atoms with Crippen LogP contribution >= 0.6 is 0 Å². The monoisotopic (exact) mass is 242 g/mol. The Morgan fingerprint density at radius 2 is 2.41 bits per heavy atom. The minimum absolute atomic E-state index is 0.203. The van der Waals surface area contributed by atoms with Crippen LogP contribution in [-0.2, 0) is 4.74 Å². The Morgan fingerprint density at radius 1 is 1.65 bits per heavy atom. The third kappa shape index (κ3) is 4.91. The first kappa shape index (κ1) is 14.3. The van der Waals surface area contributed by atoms with Gasteiger partial charge in [-0.3, -0.25) is 9.89 Å². The van der Waals surface area contributed by atoms with Crippen LogP contribution in [0.3, 0.4) is 0 Å². The second kappa shape index (κ2) is 7.50. The van der Waals surface area contributed by atoms with Crippen LogP contribution in [0.15, 0.2) is 4.99 Å². The van der Waals surface area contributed by atoms with Crippen molar-refractivity contribution in [3.8, 4) is 0 Å². The van der Waals surface area contributed by atoms with Crippen LogP contribution in [0.2, 0.25) is 0 Å². The van der Waals surface area contributed by atoms with Crippen LogP contribution in [0.5, 0.6) is 0 Å². The minimum Gasteiger partial charge on any atom is -0.383 e. The van der Waals surface area contributed by atoms with Crippen molar-refractivity contribution in [1.82, 2.24) is 10.2 Å². The predicted octanol–water partition coefficient (Wildman–Crippen LogP) is 0.410. The molecule has 1 heterocycles. The maximum absolute atomic E-state index is 5.83. The van der Waals surface area contributed by atoms with Crippen molar-refractivity contribution in [3.05, 3.63) is 0 Å². The van der Waals surface area contributed by atoms with E-state index in [9.17, 15) is 0 Å². The van der Waals surface area contributed by atoms with E-state index >= 15 is 0 Å². The summed E-state index contributed by atoms with van der Waals surface area (Å²) in [6.07, 6.45) is 2.51. The predicted molar refractivity (Wildman–Crippen MR) is 71.2 cm³/mol. The van der Waals surface area contributed by atoms with Gasteiger partial charge in [-0.05, 0) is 32.9 Å². The number of rotatable bonds is 6. The second-order valence-electron chi connectivity index (χ2n) is 4.65. The van der Waals surface area contributed by atoms with E-state index in [2.05, 4.69) is 22.1 Å². The molecule has 1 aliphatic rings. The molecule has 3 N–H and O–H groups in total. The fourth-order valence-corrected chi connectivity index (χ4v) is 2.31. The topological polar surface area (TPSA) is 62.9 Å². The molecule has 2 unspecified atom stereocenters. The van der Waals surface area contributed by atoms with Gasteiger partial charge in [-0.2, -0.15) is 0 Å². The van der Waals surface area contributed by atoms with Crippen molar-refractivity contribution in [2.75, 3.05) is 33.4 Å². The van der Waals surface area contributed by atoms with E-state index < -0.39 is 0 Å². The van der Waals surface area contributed by atoms with E-state index in [1.165, 1.54) is 19.4 Å². The highest BCUT2D eigenvalue weighted by molar-refractivity contribution is 5.78. The molecule has 0 radical (unpaired) electrons. The number of hydrogen-bond donors (Lipinski definition) is 2. The normalized spacial score (nSPS) is 23.9. The highest BCUT2D eigenvalue weighted by Crippen LogP contribution is 2.16. The number of ether oxygens (including phenoxy) is 1. The van der Waals surface area contributed by atoms with Crippen LogP contribution in [-0.4, -0.2) is 56.3 Å². The SMILES string of the molecule is CCN1CCCC1CN=C(N)NC(C)COC. The van der Waals surface area contributed by atoms with Crippen molar-refractivity contribution in [2.45, 2.75) is 38.8 Å². The fraction of sp³-hybridized carbons (Fsp3) is 0.917. The average molecular weight is 242 g/mol. The summed E-state index contributed by atoms with van der Waals surface area (Å²) >= 11 is 0. The number of nitrogens with zero attached hydrogens (tertiary/aromatic N) is 2. The zero-order valence-electron chi connectivity index (χ0n) is 11.3. The van der Waals surface area contributed by atoms with Crippen molar-refractivity contribution >= 4 is 5.96 Å². The molecule has 0 saturated carbocycles. The highest BCUT2D eigenvalue weighted by atomic mass is 16.5. The van der Waals surface area contributed by atoms with E-state index in [1.54, 1.807) is 7.11 Å². The van der Waals surface area contributed by atoms with Gasteiger partial charge in [0.15, 0.2) is 5.96 Å². The Hall–Kier alpha value is -0.810. The standard InChI is InChI=1S/C12H26N4O/c1-4-16-7-5-6-11(16)8-14-12(13)15-10(2)9-17-3/h10-11H,4-9H2,1-3H3,(H3,13,14,15). The van der Waals surface area contributed by atoms with Gasteiger partial charge in [0.1, 0.15) is 0 Å². The number of aliphatic imine (C=N–C) groups is 1. The summed E-state index contributed by atoms with van der Waals surface area (Å²) in [6.45, 7) is 7.97. The lowest BCUT2D eigenvalue weighted by Gasteiger charge is -2.21. The van der Waals surface area contributed by atoms with Crippen LogP contribution in [0, 0.1) is 0 Å². The zero-order chi connectivity index (χ0) is 12.7. The Bertz CT molecular complexity index is 245. The van der Waals surface area contributed by atoms with Gasteiger partial charge in [0.2, 0.25) is 0 Å². The summed E-state index contributed by atoms with van der Waals surface area (Å²) in [7, 11) is 1.68. The van der Waals surface area contributed by atoms with E-state index in [4.69, 9.17) is 10.5 Å².